The van der Waals surface area contributed by atoms with E-state index in [0.29, 0.717) is 18.7 Å². The van der Waals surface area contributed by atoms with Gasteiger partial charge in [-0.1, -0.05) is 0 Å². The largest absolute Gasteiger partial charge is 0.369 e. The van der Waals surface area contributed by atoms with Crippen molar-refractivity contribution in [3.05, 3.63) is 26.9 Å². The Balaban J connectivity index is 2.08. The minimum Gasteiger partial charge on any atom is -0.369 e. The maximum absolute atomic E-state index is 13.2. The zero-order valence-electron chi connectivity index (χ0n) is 13.2. The summed E-state index contributed by atoms with van der Waals surface area (Å²) < 4.78 is 27.5. The van der Waals surface area contributed by atoms with Crippen LogP contribution in [0, 0.1) is 5.92 Å². The highest BCUT2D eigenvalue weighted by Gasteiger charge is 2.36. The molecule has 0 aromatic carbocycles. The molecule has 0 amide bonds. The van der Waals surface area contributed by atoms with Gasteiger partial charge in [0.25, 0.3) is 5.56 Å². The Bertz CT molecular complexity index is 595. The first-order valence-electron chi connectivity index (χ1n) is 7.70. The van der Waals surface area contributed by atoms with Crippen molar-refractivity contribution >= 4 is 5.82 Å². The minimum atomic E-state index is -2.55. The molecule has 1 aliphatic rings. The molecule has 0 bridgehead atoms. The van der Waals surface area contributed by atoms with Gasteiger partial charge in [-0.05, 0) is 39.5 Å². The summed E-state index contributed by atoms with van der Waals surface area (Å²) in [6.07, 6.45) is 0.674. The normalized spacial score (nSPS) is 20.1. The molecule has 0 unspecified atom stereocenters. The molecule has 2 N–H and O–H groups in total. The summed E-state index contributed by atoms with van der Waals surface area (Å²) in [7, 11) is 0. The molecule has 1 fully saturated rings. The van der Waals surface area contributed by atoms with E-state index in [9.17, 15) is 18.4 Å². The smallest absolute Gasteiger partial charge is 0.330 e. The molecule has 7 heteroatoms. The van der Waals surface area contributed by atoms with Crippen LogP contribution in [0.4, 0.5) is 14.6 Å². The van der Waals surface area contributed by atoms with Crippen LogP contribution < -0.4 is 16.6 Å². The Morgan fingerprint density at radius 3 is 2.36 bits per heavy atom. The van der Waals surface area contributed by atoms with Crippen LogP contribution in [0.3, 0.4) is 0 Å². The van der Waals surface area contributed by atoms with Gasteiger partial charge in [0, 0.05) is 31.0 Å². The molecule has 124 valence electrons. The molecule has 0 saturated heterocycles. The van der Waals surface area contributed by atoms with E-state index >= 15 is 0 Å². The van der Waals surface area contributed by atoms with Crippen molar-refractivity contribution < 1.29 is 8.78 Å². The van der Waals surface area contributed by atoms with E-state index in [1.54, 1.807) is 13.8 Å². The lowest BCUT2D eigenvalue weighted by Gasteiger charge is -2.32. The van der Waals surface area contributed by atoms with Crippen molar-refractivity contribution in [2.75, 3.05) is 5.32 Å². The van der Waals surface area contributed by atoms with Crippen LogP contribution in [0.15, 0.2) is 15.7 Å². The second kappa shape index (κ2) is 6.22. The first-order chi connectivity index (χ1) is 10.2. The van der Waals surface area contributed by atoms with Gasteiger partial charge in [-0.2, -0.15) is 0 Å². The third kappa shape index (κ3) is 3.75. The zero-order valence-corrected chi connectivity index (χ0v) is 13.2. The maximum Gasteiger partial charge on any atom is 0.330 e. The lowest BCUT2D eigenvalue weighted by atomic mass is 9.82. The zero-order chi connectivity index (χ0) is 16.5. The van der Waals surface area contributed by atoms with Crippen molar-refractivity contribution in [3.63, 3.8) is 0 Å². The number of rotatable bonds is 4. The van der Waals surface area contributed by atoms with Crippen LogP contribution in [-0.4, -0.2) is 21.5 Å². The van der Waals surface area contributed by atoms with E-state index in [0.717, 1.165) is 4.57 Å². The average molecular weight is 315 g/mol. The summed E-state index contributed by atoms with van der Waals surface area (Å²) in [6.45, 7) is 5.41. The monoisotopic (exact) mass is 315 g/mol. The van der Waals surface area contributed by atoms with Crippen LogP contribution in [0.25, 0.3) is 0 Å². The van der Waals surface area contributed by atoms with Gasteiger partial charge in [0.2, 0.25) is 5.92 Å². The fourth-order valence-corrected chi connectivity index (χ4v) is 3.00. The Kier molecular flexibility index (Phi) is 4.72. The van der Waals surface area contributed by atoms with E-state index in [-0.39, 0.29) is 36.4 Å². The number of nitrogens with zero attached hydrogens (tertiary/aromatic N) is 1. The lowest BCUT2D eigenvalue weighted by molar-refractivity contribution is -0.0469. The Morgan fingerprint density at radius 1 is 1.27 bits per heavy atom. The van der Waals surface area contributed by atoms with E-state index in [2.05, 4.69) is 10.3 Å². The molecule has 0 aliphatic heterocycles. The van der Waals surface area contributed by atoms with Crippen molar-refractivity contribution in [2.45, 2.75) is 64.5 Å². The van der Waals surface area contributed by atoms with E-state index in [4.69, 9.17) is 0 Å². The fourth-order valence-electron chi connectivity index (χ4n) is 3.00. The molecule has 22 heavy (non-hydrogen) atoms. The molecular weight excluding hydrogens is 292 g/mol. The number of aromatic nitrogens is 2. The van der Waals surface area contributed by atoms with E-state index < -0.39 is 11.6 Å². The first kappa shape index (κ1) is 16.7. The van der Waals surface area contributed by atoms with Gasteiger partial charge in [-0.3, -0.25) is 14.3 Å². The molecule has 1 aromatic rings. The van der Waals surface area contributed by atoms with Crippen molar-refractivity contribution in [3.8, 4) is 0 Å². The Hall–Kier alpha value is -1.66. The number of hydrogen-bond acceptors (Lipinski definition) is 3. The standard InChI is InChI=1S/C15H23F2N3O2/c1-9(2)20-13(21)8-12(19-14(20)22)18-10(3)11-4-6-15(16,17)7-5-11/h8-11,18H,4-7H2,1-3H3,(H,19,22)/t10-/m0/s1. The van der Waals surface area contributed by atoms with Gasteiger partial charge in [-0.25, -0.2) is 13.6 Å². The molecule has 5 nitrogen and oxygen atoms in total. The predicted molar refractivity (Wildman–Crippen MR) is 81.7 cm³/mol. The average Bonchev–Trinajstić information content (AvgIpc) is 2.36. The Morgan fingerprint density at radius 2 is 1.86 bits per heavy atom. The highest BCUT2D eigenvalue weighted by atomic mass is 19.3. The van der Waals surface area contributed by atoms with Gasteiger partial charge >= 0.3 is 5.69 Å². The number of alkyl halides is 2. The minimum absolute atomic E-state index is 0.0824. The maximum atomic E-state index is 13.2. The number of halogens is 2. The van der Waals surface area contributed by atoms with E-state index in [1.807, 2.05) is 6.92 Å². The van der Waals surface area contributed by atoms with Gasteiger partial charge in [0.1, 0.15) is 5.82 Å². The highest BCUT2D eigenvalue weighted by molar-refractivity contribution is 5.33. The number of hydrogen-bond donors (Lipinski definition) is 2. The number of H-pyrrole nitrogens is 1. The molecule has 2 rings (SSSR count). The summed E-state index contributed by atoms with van der Waals surface area (Å²) in [5.74, 6) is -2.10. The first-order valence-corrected chi connectivity index (χ1v) is 7.70. The van der Waals surface area contributed by atoms with Crippen molar-refractivity contribution in [2.24, 2.45) is 5.92 Å². The van der Waals surface area contributed by atoms with E-state index in [1.165, 1.54) is 6.07 Å². The summed E-state index contributed by atoms with van der Waals surface area (Å²) in [5.41, 5.74) is -0.837. The number of nitrogens with one attached hydrogen (secondary N) is 2. The van der Waals surface area contributed by atoms with Crippen LogP contribution >= 0.6 is 0 Å². The van der Waals surface area contributed by atoms with Crippen LogP contribution in [-0.2, 0) is 0 Å². The fraction of sp³-hybridized carbons (Fsp3) is 0.733. The van der Waals surface area contributed by atoms with Gasteiger partial charge < -0.3 is 5.32 Å². The van der Waals surface area contributed by atoms with Crippen LogP contribution in [0.5, 0.6) is 0 Å². The molecule has 1 aromatic heterocycles. The third-order valence-corrected chi connectivity index (χ3v) is 4.33. The molecular formula is C15H23F2N3O2. The topological polar surface area (TPSA) is 66.9 Å². The second-order valence-electron chi connectivity index (χ2n) is 6.42. The predicted octanol–water partition coefficient (Wildman–Crippen LogP) is 2.74. The quantitative estimate of drug-likeness (QED) is 0.898. The molecule has 0 spiro atoms. The summed E-state index contributed by atoms with van der Waals surface area (Å²) in [4.78, 5) is 26.5. The SMILES string of the molecule is CC(C)n1c(=O)cc(N[C@@H](C)C2CCC(F)(F)CC2)[nH]c1=O. The third-order valence-electron chi connectivity index (χ3n) is 4.33. The Labute approximate surface area is 127 Å². The summed E-state index contributed by atoms with van der Waals surface area (Å²) >= 11 is 0. The van der Waals surface area contributed by atoms with Gasteiger partial charge in [0.15, 0.2) is 0 Å². The second-order valence-corrected chi connectivity index (χ2v) is 6.42. The number of aromatic amines is 1. The highest BCUT2D eigenvalue weighted by Crippen LogP contribution is 2.37. The van der Waals surface area contributed by atoms with Crippen molar-refractivity contribution in [1.29, 1.82) is 0 Å². The van der Waals surface area contributed by atoms with Gasteiger partial charge in [0.05, 0.1) is 0 Å². The number of anilines is 1. The van der Waals surface area contributed by atoms with Crippen LogP contribution in [0.1, 0.15) is 52.5 Å². The summed E-state index contributed by atoms with van der Waals surface area (Å²) in [6, 6.07) is 1.04. The lowest BCUT2D eigenvalue weighted by Crippen LogP contribution is -2.38. The molecule has 1 heterocycles. The molecule has 1 atom stereocenters. The van der Waals surface area contributed by atoms with Gasteiger partial charge in [-0.15, -0.1) is 0 Å². The summed E-state index contributed by atoms with van der Waals surface area (Å²) in [5, 5.41) is 3.07. The molecule has 1 aliphatic carbocycles. The van der Waals surface area contributed by atoms with Crippen molar-refractivity contribution in [1.82, 2.24) is 9.55 Å². The van der Waals surface area contributed by atoms with Crippen LogP contribution in [0.2, 0.25) is 0 Å². The molecule has 0 radical (unpaired) electrons. The molecule has 1 saturated carbocycles.